The molecule has 1 aromatic heterocycles. The number of hydrogen-bond acceptors (Lipinski definition) is 4. The molecule has 0 aliphatic carbocycles. The van der Waals surface area contributed by atoms with E-state index in [0.29, 0.717) is 13.1 Å². The summed E-state index contributed by atoms with van der Waals surface area (Å²) in [5.41, 5.74) is 0.841. The average Bonchev–Trinajstić information content (AvgIpc) is 3.29. The van der Waals surface area contributed by atoms with Crippen molar-refractivity contribution in [3.05, 3.63) is 42.0 Å². The highest BCUT2D eigenvalue weighted by Gasteiger charge is 2.35. The summed E-state index contributed by atoms with van der Waals surface area (Å²) in [7, 11) is 0. The molecule has 0 radical (unpaired) electrons. The molecule has 2 aromatic rings. The Hall–Kier alpha value is -2.70. The summed E-state index contributed by atoms with van der Waals surface area (Å²) < 4.78 is 2.07. The van der Waals surface area contributed by atoms with Crippen LogP contribution < -0.4 is 10.2 Å². The van der Waals surface area contributed by atoms with Crippen molar-refractivity contribution < 1.29 is 9.59 Å². The quantitative estimate of drug-likeness (QED) is 0.905. The second-order valence-electron chi connectivity index (χ2n) is 6.25. The van der Waals surface area contributed by atoms with Crippen molar-refractivity contribution in [3.8, 4) is 0 Å². The maximum Gasteiger partial charge on any atom is 0.227 e. The molecule has 2 aliphatic rings. The standard InChI is InChI=1S/C17H19N5O2/c23-16-9-12(11-22(16)13-5-2-1-3-6-13)17(24)18-10-15-20-19-14-7-4-8-21(14)15/h1-3,5-6,12H,4,7-11H2,(H,18,24). The Labute approximate surface area is 139 Å². The highest BCUT2D eigenvalue weighted by molar-refractivity contribution is 6.00. The van der Waals surface area contributed by atoms with Crippen LogP contribution in [0.2, 0.25) is 0 Å². The van der Waals surface area contributed by atoms with Gasteiger partial charge in [-0.05, 0) is 18.6 Å². The molecule has 124 valence electrons. The summed E-state index contributed by atoms with van der Waals surface area (Å²) in [6.45, 7) is 1.70. The molecule has 0 bridgehead atoms. The van der Waals surface area contributed by atoms with Crippen LogP contribution in [0.5, 0.6) is 0 Å². The molecule has 1 atom stereocenters. The number of carbonyl (C=O) groups is 2. The molecular formula is C17H19N5O2. The van der Waals surface area contributed by atoms with Crippen molar-refractivity contribution >= 4 is 17.5 Å². The van der Waals surface area contributed by atoms with E-state index in [-0.39, 0.29) is 24.2 Å². The van der Waals surface area contributed by atoms with Crippen LogP contribution in [0, 0.1) is 5.92 Å². The third kappa shape index (κ3) is 2.66. The summed E-state index contributed by atoms with van der Waals surface area (Å²) >= 11 is 0. The monoisotopic (exact) mass is 325 g/mol. The second kappa shape index (κ2) is 6.07. The minimum atomic E-state index is -0.321. The fraction of sp³-hybridized carbons (Fsp3) is 0.412. The molecule has 1 fully saturated rings. The van der Waals surface area contributed by atoms with Crippen LogP contribution in [0.4, 0.5) is 5.69 Å². The lowest BCUT2D eigenvalue weighted by Crippen LogP contribution is -2.33. The Morgan fingerprint density at radius 1 is 1.25 bits per heavy atom. The van der Waals surface area contributed by atoms with Gasteiger partial charge >= 0.3 is 0 Å². The van der Waals surface area contributed by atoms with Crippen LogP contribution in [0.25, 0.3) is 0 Å². The van der Waals surface area contributed by atoms with E-state index in [2.05, 4.69) is 20.1 Å². The number of fused-ring (bicyclic) bond motifs is 1. The predicted molar refractivity (Wildman–Crippen MR) is 87.1 cm³/mol. The van der Waals surface area contributed by atoms with E-state index in [1.54, 1.807) is 4.90 Å². The van der Waals surface area contributed by atoms with E-state index < -0.39 is 0 Å². The minimum absolute atomic E-state index is 0.00952. The van der Waals surface area contributed by atoms with Crippen molar-refractivity contribution in [2.45, 2.75) is 32.4 Å². The maximum absolute atomic E-state index is 12.4. The van der Waals surface area contributed by atoms with Gasteiger partial charge in [-0.15, -0.1) is 10.2 Å². The van der Waals surface area contributed by atoms with Crippen LogP contribution in [0.1, 0.15) is 24.5 Å². The number of aromatic nitrogens is 3. The SMILES string of the molecule is O=C(NCc1nnc2n1CCC2)C1CC(=O)N(c2ccccc2)C1. The maximum atomic E-state index is 12.4. The molecule has 24 heavy (non-hydrogen) atoms. The van der Waals surface area contributed by atoms with E-state index in [0.717, 1.165) is 36.7 Å². The van der Waals surface area contributed by atoms with Crippen molar-refractivity contribution in [2.75, 3.05) is 11.4 Å². The van der Waals surface area contributed by atoms with E-state index in [9.17, 15) is 9.59 Å². The van der Waals surface area contributed by atoms with Gasteiger partial charge in [-0.2, -0.15) is 0 Å². The number of aryl methyl sites for hydroxylation is 1. The zero-order valence-corrected chi connectivity index (χ0v) is 13.3. The van der Waals surface area contributed by atoms with Crippen LogP contribution in [0.3, 0.4) is 0 Å². The predicted octanol–water partition coefficient (Wildman–Crippen LogP) is 0.894. The number of nitrogens with one attached hydrogen (secondary N) is 1. The molecule has 7 nitrogen and oxygen atoms in total. The van der Waals surface area contributed by atoms with Crippen molar-refractivity contribution in [3.63, 3.8) is 0 Å². The van der Waals surface area contributed by atoms with Gasteiger partial charge in [0, 0.05) is 31.6 Å². The van der Waals surface area contributed by atoms with Gasteiger partial charge < -0.3 is 14.8 Å². The number of para-hydroxylation sites is 1. The Bertz CT molecular complexity index is 771. The Morgan fingerprint density at radius 3 is 2.92 bits per heavy atom. The summed E-state index contributed by atoms with van der Waals surface area (Å²) in [5.74, 6) is 1.35. The third-order valence-electron chi connectivity index (χ3n) is 4.67. The molecular weight excluding hydrogens is 306 g/mol. The van der Waals surface area contributed by atoms with E-state index in [1.165, 1.54) is 0 Å². The number of hydrogen-bond donors (Lipinski definition) is 1. The Morgan fingerprint density at radius 2 is 2.08 bits per heavy atom. The van der Waals surface area contributed by atoms with Gasteiger partial charge in [-0.25, -0.2) is 0 Å². The van der Waals surface area contributed by atoms with Crippen LogP contribution in [-0.4, -0.2) is 33.1 Å². The van der Waals surface area contributed by atoms with Crippen LogP contribution in [0.15, 0.2) is 30.3 Å². The molecule has 2 amide bonds. The summed E-state index contributed by atoms with van der Waals surface area (Å²) in [5, 5.41) is 11.2. The molecule has 4 rings (SSSR count). The van der Waals surface area contributed by atoms with Crippen molar-refractivity contribution in [1.82, 2.24) is 20.1 Å². The first-order chi connectivity index (χ1) is 11.7. The number of benzene rings is 1. The van der Waals surface area contributed by atoms with Gasteiger partial charge in [-0.3, -0.25) is 9.59 Å². The van der Waals surface area contributed by atoms with E-state index in [1.807, 2.05) is 30.3 Å². The smallest absolute Gasteiger partial charge is 0.227 e. The third-order valence-corrected chi connectivity index (χ3v) is 4.67. The van der Waals surface area contributed by atoms with Crippen LogP contribution >= 0.6 is 0 Å². The first-order valence-electron chi connectivity index (χ1n) is 8.26. The van der Waals surface area contributed by atoms with Crippen molar-refractivity contribution in [1.29, 1.82) is 0 Å². The van der Waals surface area contributed by atoms with Gasteiger partial charge in [0.25, 0.3) is 0 Å². The lowest BCUT2D eigenvalue weighted by Gasteiger charge is -2.16. The first kappa shape index (κ1) is 14.9. The lowest BCUT2D eigenvalue weighted by atomic mass is 10.1. The number of amides is 2. The molecule has 0 spiro atoms. The number of nitrogens with zero attached hydrogens (tertiary/aromatic N) is 4. The normalized spacial score (nSPS) is 19.6. The highest BCUT2D eigenvalue weighted by atomic mass is 16.2. The van der Waals surface area contributed by atoms with Gasteiger partial charge in [0.2, 0.25) is 11.8 Å². The highest BCUT2D eigenvalue weighted by Crippen LogP contribution is 2.25. The Kier molecular flexibility index (Phi) is 3.76. The fourth-order valence-corrected chi connectivity index (χ4v) is 3.39. The number of carbonyl (C=O) groups excluding carboxylic acids is 2. The molecule has 0 saturated carbocycles. The molecule has 1 N–H and O–H groups in total. The molecule has 1 unspecified atom stereocenters. The largest absolute Gasteiger partial charge is 0.348 e. The van der Waals surface area contributed by atoms with Gasteiger partial charge in [-0.1, -0.05) is 18.2 Å². The zero-order valence-electron chi connectivity index (χ0n) is 13.3. The van der Waals surface area contributed by atoms with Gasteiger partial charge in [0.15, 0.2) is 5.82 Å². The van der Waals surface area contributed by atoms with E-state index >= 15 is 0 Å². The van der Waals surface area contributed by atoms with Gasteiger partial charge in [0.05, 0.1) is 12.5 Å². The number of rotatable bonds is 4. The summed E-state index contributed by atoms with van der Waals surface area (Å²) in [4.78, 5) is 26.3. The molecule has 1 saturated heterocycles. The van der Waals surface area contributed by atoms with E-state index in [4.69, 9.17) is 0 Å². The lowest BCUT2D eigenvalue weighted by molar-refractivity contribution is -0.126. The van der Waals surface area contributed by atoms with Gasteiger partial charge in [0.1, 0.15) is 5.82 Å². The zero-order chi connectivity index (χ0) is 16.5. The average molecular weight is 325 g/mol. The molecule has 3 heterocycles. The van der Waals surface area contributed by atoms with Crippen LogP contribution in [-0.2, 0) is 29.1 Å². The topological polar surface area (TPSA) is 80.1 Å². The minimum Gasteiger partial charge on any atom is -0.348 e. The summed E-state index contributed by atoms with van der Waals surface area (Å²) in [6, 6.07) is 9.46. The number of anilines is 1. The first-order valence-corrected chi connectivity index (χ1v) is 8.26. The Balaban J connectivity index is 1.38. The molecule has 7 heteroatoms. The fourth-order valence-electron chi connectivity index (χ4n) is 3.39. The molecule has 2 aliphatic heterocycles. The summed E-state index contributed by atoms with van der Waals surface area (Å²) in [6.07, 6.45) is 2.28. The molecule has 1 aromatic carbocycles. The van der Waals surface area contributed by atoms with Crippen molar-refractivity contribution in [2.24, 2.45) is 5.92 Å². The second-order valence-corrected chi connectivity index (χ2v) is 6.25.